The third kappa shape index (κ3) is 14.5. The van der Waals surface area contributed by atoms with Crippen molar-refractivity contribution >= 4 is 127 Å². The van der Waals surface area contributed by atoms with Crippen LogP contribution >= 0.6 is 58.0 Å². The van der Waals surface area contributed by atoms with Crippen LogP contribution in [-0.4, -0.2) is 60.5 Å². The fourth-order valence-corrected chi connectivity index (χ4v) is 7.32. The molecule has 0 aliphatic carbocycles. The largest absolute Gasteiger partial charge is 0.493 e. The Morgan fingerprint density at radius 3 is 1.34 bits per heavy atom. The maximum Gasteiger partial charge on any atom is 0.258 e. The molecule has 0 aliphatic rings. The van der Waals surface area contributed by atoms with Crippen molar-refractivity contribution in [3.8, 4) is 11.5 Å². The number of anilines is 4. The molecule has 2 unspecified atom stereocenters. The van der Waals surface area contributed by atoms with Gasteiger partial charge >= 0.3 is 0 Å². The first-order chi connectivity index (χ1) is 32.5. The molecular weight excluding hydrogens is 982 g/mol. The van der Waals surface area contributed by atoms with Gasteiger partial charge in [-0.1, -0.05) is 35.3 Å². The maximum atomic E-state index is 13.4. The van der Waals surface area contributed by atoms with Crippen molar-refractivity contribution in [3.05, 3.63) is 129 Å². The lowest BCUT2D eigenvalue weighted by Crippen LogP contribution is -2.32. The summed E-state index contributed by atoms with van der Waals surface area (Å²) in [5.41, 5.74) is 3.48. The molecule has 354 valence electrons. The number of benzene rings is 5. The minimum atomic E-state index is -1.62. The number of ketones is 2. The second-order valence-electron chi connectivity index (χ2n) is 14.5. The Kier molecular flexibility index (Phi) is 19.4. The third-order valence-electron chi connectivity index (χ3n) is 9.45. The minimum absolute atomic E-state index is 0.0849. The number of amides is 4. The SMILES string of the molecule is CCOc1cc(NC(=O)c2cc(Cl)cc(N=NC(C(C)=O)C(=O)Nc3ccc(NC(=O)C(N=Nc4cc(Cl)cc(C(=O)Nc5ccc(CCl)c(OCC)c5)c4)C(C)=O)c(CCl)c3)c2)ccc1CCl. The molecule has 4 N–H and O–H groups in total. The van der Waals surface area contributed by atoms with Gasteiger partial charge in [-0.3, -0.25) is 28.8 Å². The van der Waals surface area contributed by atoms with E-state index < -0.39 is 47.3 Å². The van der Waals surface area contributed by atoms with E-state index in [-0.39, 0.29) is 61.6 Å². The van der Waals surface area contributed by atoms with E-state index in [4.69, 9.17) is 67.5 Å². The van der Waals surface area contributed by atoms with E-state index in [1.54, 1.807) is 36.4 Å². The van der Waals surface area contributed by atoms with Crippen molar-refractivity contribution in [2.24, 2.45) is 20.5 Å². The summed E-state index contributed by atoms with van der Waals surface area (Å²) in [6.45, 7) is 6.75. The highest BCUT2D eigenvalue weighted by Crippen LogP contribution is 2.30. The highest BCUT2D eigenvalue weighted by atomic mass is 35.5. The number of carbonyl (C=O) groups excluding carboxylic acids is 6. The number of azo groups is 2. The number of Topliss-reactive ketones (excluding diaryl/α,β-unsaturated/α-hetero) is 2. The Labute approximate surface area is 416 Å². The quantitative estimate of drug-likeness (QED) is 0.0314. The van der Waals surface area contributed by atoms with Crippen molar-refractivity contribution in [2.45, 2.75) is 57.4 Å². The number of rotatable bonds is 21. The highest BCUT2D eigenvalue weighted by molar-refractivity contribution is 6.32. The van der Waals surface area contributed by atoms with Gasteiger partial charge in [0.05, 0.1) is 36.3 Å². The van der Waals surface area contributed by atoms with Gasteiger partial charge in [-0.15, -0.1) is 34.8 Å². The van der Waals surface area contributed by atoms with Gasteiger partial charge in [0.2, 0.25) is 12.1 Å². The molecule has 68 heavy (non-hydrogen) atoms. The lowest BCUT2D eigenvalue weighted by Gasteiger charge is -2.15. The molecule has 0 spiro atoms. The Hall–Kier alpha value is -6.43. The van der Waals surface area contributed by atoms with Gasteiger partial charge in [0.1, 0.15) is 11.5 Å². The Morgan fingerprint density at radius 1 is 0.515 bits per heavy atom. The molecule has 0 saturated carbocycles. The molecule has 21 heteroatoms. The molecule has 0 bridgehead atoms. The summed E-state index contributed by atoms with van der Waals surface area (Å²) in [5.74, 6) is -2.74. The van der Waals surface area contributed by atoms with Crippen molar-refractivity contribution in [3.63, 3.8) is 0 Å². The van der Waals surface area contributed by atoms with Crippen LogP contribution in [-0.2, 0) is 36.8 Å². The summed E-state index contributed by atoms with van der Waals surface area (Å²) in [6.07, 6.45) is 0. The van der Waals surface area contributed by atoms with Gasteiger partial charge in [-0.25, -0.2) is 0 Å². The van der Waals surface area contributed by atoms with Crippen LogP contribution < -0.4 is 30.7 Å². The molecule has 0 fully saturated rings. The smallest absolute Gasteiger partial charge is 0.258 e. The van der Waals surface area contributed by atoms with Crippen LogP contribution in [0.15, 0.2) is 111 Å². The molecule has 5 aromatic rings. The van der Waals surface area contributed by atoms with Crippen molar-refractivity contribution in [2.75, 3.05) is 34.5 Å². The number of carbonyl (C=O) groups is 6. The molecule has 4 amide bonds. The third-order valence-corrected chi connectivity index (χ3v) is 10.7. The average Bonchev–Trinajstić information content (AvgIpc) is 3.29. The number of nitrogens with one attached hydrogen (secondary N) is 4. The van der Waals surface area contributed by atoms with Gasteiger partial charge in [-0.2, -0.15) is 20.5 Å². The summed E-state index contributed by atoms with van der Waals surface area (Å²) in [5, 5.41) is 27.1. The van der Waals surface area contributed by atoms with Gasteiger partial charge in [-0.05, 0) is 100.0 Å². The molecule has 0 radical (unpaired) electrons. The zero-order chi connectivity index (χ0) is 49.5. The molecule has 2 atom stereocenters. The first kappa shape index (κ1) is 52.5. The maximum absolute atomic E-state index is 13.4. The van der Waals surface area contributed by atoms with Crippen LogP contribution in [0.4, 0.5) is 34.1 Å². The predicted molar refractivity (Wildman–Crippen MR) is 264 cm³/mol. The number of ether oxygens (including phenoxy) is 2. The normalized spacial score (nSPS) is 12.0. The molecular formula is C47H43Cl5N8O8. The lowest BCUT2D eigenvalue weighted by molar-refractivity contribution is -0.127. The summed E-state index contributed by atoms with van der Waals surface area (Å²) in [6, 6.07) is 19.5. The molecule has 0 aliphatic heterocycles. The van der Waals surface area contributed by atoms with Gasteiger partial charge in [0.25, 0.3) is 23.6 Å². The standard InChI is InChI=1S/C47H43Cl5N8O8/c1-5-67-40-20-35(9-7-27(40)22-48)53-44(63)29-13-32(51)18-37(15-29)57-59-42(25(3)61)46(65)55-34-11-12-39(31(17-34)24-50)56-47(66)43(26(4)62)60-58-38-16-30(14-33(52)19-38)45(64)54-36-10-8-28(23-49)41(21-36)68-6-2/h7-21,42-43H,5-6,22-24H2,1-4H3,(H,53,63)(H,54,64)(H,55,65)(H,56,66). The number of nitrogens with zero attached hydrogens (tertiary/aromatic N) is 4. The average molecular weight is 1030 g/mol. The highest BCUT2D eigenvalue weighted by Gasteiger charge is 2.26. The number of hydrogen-bond donors (Lipinski definition) is 4. The van der Waals surface area contributed by atoms with Crippen molar-refractivity contribution in [1.29, 1.82) is 0 Å². The Balaban J connectivity index is 1.25. The van der Waals surface area contributed by atoms with E-state index in [1.807, 2.05) is 13.8 Å². The van der Waals surface area contributed by atoms with E-state index in [0.717, 1.165) is 25.0 Å². The van der Waals surface area contributed by atoms with Gasteiger partial charge < -0.3 is 30.7 Å². The predicted octanol–water partition coefficient (Wildman–Crippen LogP) is 11.9. The van der Waals surface area contributed by atoms with Crippen LogP contribution in [0.1, 0.15) is 65.1 Å². The van der Waals surface area contributed by atoms with Crippen molar-refractivity contribution in [1.82, 2.24) is 0 Å². The second kappa shape index (κ2) is 25.1. The first-order valence-electron chi connectivity index (χ1n) is 20.6. The topological polar surface area (TPSA) is 218 Å². The van der Waals surface area contributed by atoms with E-state index >= 15 is 0 Å². The molecule has 5 rings (SSSR count). The van der Waals surface area contributed by atoms with E-state index in [1.165, 1.54) is 54.6 Å². The second-order valence-corrected chi connectivity index (χ2v) is 16.2. The zero-order valence-electron chi connectivity index (χ0n) is 36.8. The summed E-state index contributed by atoms with van der Waals surface area (Å²) < 4.78 is 11.2. The fraction of sp³-hybridized carbons (Fsp3) is 0.234. The number of hydrogen-bond acceptors (Lipinski definition) is 12. The van der Waals surface area contributed by atoms with Crippen LogP contribution in [0.5, 0.6) is 11.5 Å². The monoisotopic (exact) mass is 1020 g/mol. The molecule has 0 saturated heterocycles. The molecule has 5 aromatic carbocycles. The van der Waals surface area contributed by atoms with E-state index in [2.05, 4.69) is 41.7 Å². The van der Waals surface area contributed by atoms with Crippen LogP contribution in [0.25, 0.3) is 0 Å². The number of halogens is 5. The Bertz CT molecular complexity index is 2790. The summed E-state index contributed by atoms with van der Waals surface area (Å²) in [7, 11) is 0. The first-order valence-corrected chi connectivity index (χ1v) is 22.9. The number of alkyl halides is 3. The molecule has 0 aromatic heterocycles. The molecule has 16 nitrogen and oxygen atoms in total. The molecule has 0 heterocycles. The van der Waals surface area contributed by atoms with E-state index in [0.29, 0.717) is 41.7 Å². The van der Waals surface area contributed by atoms with Crippen LogP contribution in [0.3, 0.4) is 0 Å². The van der Waals surface area contributed by atoms with Gasteiger partial charge in [0, 0.05) is 73.1 Å². The minimum Gasteiger partial charge on any atom is -0.493 e. The van der Waals surface area contributed by atoms with Crippen LogP contribution in [0, 0.1) is 0 Å². The summed E-state index contributed by atoms with van der Waals surface area (Å²) >= 11 is 30.9. The van der Waals surface area contributed by atoms with Gasteiger partial charge in [0.15, 0.2) is 11.6 Å². The fourth-order valence-electron chi connectivity index (χ4n) is 6.20. The zero-order valence-corrected chi connectivity index (χ0v) is 40.6. The van der Waals surface area contributed by atoms with Crippen LogP contribution in [0.2, 0.25) is 10.0 Å². The Morgan fingerprint density at radius 2 is 0.926 bits per heavy atom. The summed E-state index contributed by atoms with van der Waals surface area (Å²) in [4.78, 5) is 78.5. The van der Waals surface area contributed by atoms with Crippen molar-refractivity contribution < 1.29 is 38.2 Å². The lowest BCUT2D eigenvalue weighted by atomic mass is 10.1. The van der Waals surface area contributed by atoms with E-state index in [9.17, 15) is 28.8 Å².